The molecule has 4 nitrogen and oxygen atoms in total. The van der Waals surface area contributed by atoms with E-state index in [1.807, 2.05) is 6.92 Å². The summed E-state index contributed by atoms with van der Waals surface area (Å²) in [7, 11) is 0. The van der Waals surface area contributed by atoms with Gasteiger partial charge in [-0.1, -0.05) is 18.7 Å². The number of carbonyl (C=O) groups is 1. The van der Waals surface area contributed by atoms with Crippen LogP contribution in [0.25, 0.3) is 0 Å². The molecule has 1 aromatic heterocycles. The highest BCUT2D eigenvalue weighted by Crippen LogP contribution is 2.15. The third kappa shape index (κ3) is 4.05. The molecule has 0 saturated heterocycles. The normalized spacial score (nSPS) is 13.8. The minimum Gasteiger partial charge on any atom is -0.481 e. The largest absolute Gasteiger partial charge is 0.481 e. The van der Waals surface area contributed by atoms with E-state index in [0.717, 1.165) is 11.3 Å². The highest BCUT2D eigenvalue weighted by Gasteiger charge is 2.14. The molecule has 1 atom stereocenters. The summed E-state index contributed by atoms with van der Waals surface area (Å²) in [6.45, 7) is 7.42. The quantitative estimate of drug-likeness (QED) is 0.619. The van der Waals surface area contributed by atoms with Crippen LogP contribution < -0.4 is 0 Å². The Labute approximate surface area is 106 Å². The molecule has 0 aliphatic heterocycles. The molecular weight excluding hydrogens is 230 g/mol. The molecule has 1 unspecified atom stereocenters. The number of rotatable bonds is 6. The number of furan rings is 1. The second-order valence-electron chi connectivity index (χ2n) is 3.95. The summed E-state index contributed by atoms with van der Waals surface area (Å²) >= 11 is 0. The first kappa shape index (κ1) is 14.0. The van der Waals surface area contributed by atoms with Gasteiger partial charge in [0.05, 0.1) is 18.4 Å². The molecule has 0 bridgehead atoms. The lowest BCUT2D eigenvalue weighted by molar-refractivity contribution is -0.140. The lowest BCUT2D eigenvalue weighted by Crippen LogP contribution is -2.11. The van der Waals surface area contributed by atoms with Gasteiger partial charge in [0.25, 0.3) is 0 Å². The zero-order valence-corrected chi connectivity index (χ0v) is 10.6. The molecule has 1 heterocycles. The van der Waals surface area contributed by atoms with Crippen molar-refractivity contribution in [3.63, 3.8) is 0 Å². The molecule has 0 fully saturated rings. The Morgan fingerprint density at radius 3 is 2.89 bits per heavy atom. The maximum atomic E-state index is 11.0. The minimum absolute atomic E-state index is 0.300. The van der Waals surface area contributed by atoms with Crippen LogP contribution in [0.3, 0.4) is 0 Å². The maximum Gasteiger partial charge on any atom is 0.310 e. The average molecular weight is 247 g/mol. The standard InChI is InChI=1S/C14H17NO3/c1-4-5-12(14(16)17)8-10(2)15-11(3)13-6-7-18-9-13/h4-7,9,12H,2,8H2,1,3H3,(H,16,17)/b5-4-,15-11?. The van der Waals surface area contributed by atoms with Crippen LogP contribution in [0.15, 0.2) is 52.4 Å². The summed E-state index contributed by atoms with van der Waals surface area (Å²) in [4.78, 5) is 15.3. The van der Waals surface area contributed by atoms with Gasteiger partial charge in [0.15, 0.2) is 0 Å². The van der Waals surface area contributed by atoms with E-state index in [1.165, 1.54) is 0 Å². The van der Waals surface area contributed by atoms with Crippen molar-refractivity contribution in [2.24, 2.45) is 10.9 Å². The topological polar surface area (TPSA) is 62.8 Å². The van der Waals surface area contributed by atoms with Crippen LogP contribution >= 0.6 is 0 Å². The SMILES string of the molecule is C=C(CC(/C=C\C)C(=O)O)N=C(C)c1ccoc1. The fourth-order valence-electron chi connectivity index (χ4n) is 1.54. The first-order valence-electron chi connectivity index (χ1n) is 5.66. The summed E-state index contributed by atoms with van der Waals surface area (Å²) in [5.74, 6) is -1.45. The summed E-state index contributed by atoms with van der Waals surface area (Å²) in [6.07, 6.45) is 6.81. The molecule has 0 spiro atoms. The van der Waals surface area contributed by atoms with Crippen molar-refractivity contribution in [1.29, 1.82) is 0 Å². The number of carboxylic acids is 1. The van der Waals surface area contributed by atoms with Gasteiger partial charge in [-0.05, 0) is 19.9 Å². The predicted octanol–water partition coefficient (Wildman–Crippen LogP) is 3.27. The lowest BCUT2D eigenvalue weighted by atomic mass is 10.0. The van der Waals surface area contributed by atoms with Crippen molar-refractivity contribution >= 4 is 11.7 Å². The Bertz CT molecular complexity index is 469. The van der Waals surface area contributed by atoms with Crippen molar-refractivity contribution in [3.8, 4) is 0 Å². The van der Waals surface area contributed by atoms with Crippen LogP contribution in [0, 0.1) is 5.92 Å². The summed E-state index contributed by atoms with van der Waals surface area (Å²) in [5, 5.41) is 9.02. The molecular formula is C14H17NO3. The van der Waals surface area contributed by atoms with Gasteiger partial charge in [0, 0.05) is 23.4 Å². The van der Waals surface area contributed by atoms with E-state index in [-0.39, 0.29) is 0 Å². The number of aliphatic imine (C=N–C) groups is 1. The molecule has 96 valence electrons. The molecule has 18 heavy (non-hydrogen) atoms. The van der Waals surface area contributed by atoms with Gasteiger partial charge < -0.3 is 9.52 Å². The van der Waals surface area contributed by atoms with E-state index in [2.05, 4.69) is 11.6 Å². The number of aliphatic carboxylic acids is 1. The first-order chi connectivity index (χ1) is 8.54. The van der Waals surface area contributed by atoms with Crippen molar-refractivity contribution in [3.05, 3.63) is 48.6 Å². The van der Waals surface area contributed by atoms with Gasteiger partial charge in [-0.15, -0.1) is 0 Å². The van der Waals surface area contributed by atoms with Gasteiger partial charge in [-0.2, -0.15) is 0 Å². The van der Waals surface area contributed by atoms with Gasteiger partial charge in [0.1, 0.15) is 0 Å². The molecule has 0 amide bonds. The van der Waals surface area contributed by atoms with Crippen molar-refractivity contribution < 1.29 is 14.3 Å². The number of hydrogen-bond donors (Lipinski definition) is 1. The first-order valence-corrected chi connectivity index (χ1v) is 5.66. The predicted molar refractivity (Wildman–Crippen MR) is 70.6 cm³/mol. The van der Waals surface area contributed by atoms with Crippen molar-refractivity contribution in [2.45, 2.75) is 20.3 Å². The van der Waals surface area contributed by atoms with Gasteiger partial charge in [-0.25, -0.2) is 0 Å². The molecule has 0 aliphatic carbocycles. The van der Waals surface area contributed by atoms with Crippen molar-refractivity contribution in [2.75, 3.05) is 0 Å². The number of hydrogen-bond acceptors (Lipinski definition) is 3. The van der Waals surface area contributed by atoms with Crippen LogP contribution in [0.1, 0.15) is 25.8 Å². The fourth-order valence-corrected chi connectivity index (χ4v) is 1.54. The van der Waals surface area contributed by atoms with Gasteiger partial charge >= 0.3 is 5.97 Å². The average Bonchev–Trinajstić information content (AvgIpc) is 2.81. The zero-order chi connectivity index (χ0) is 13.5. The van der Waals surface area contributed by atoms with Crippen LogP contribution in [0.5, 0.6) is 0 Å². The van der Waals surface area contributed by atoms with E-state index in [4.69, 9.17) is 9.52 Å². The van der Waals surface area contributed by atoms with Crippen LogP contribution in [-0.2, 0) is 4.79 Å². The Balaban J connectivity index is 2.71. The molecule has 1 N–H and O–H groups in total. The van der Waals surface area contributed by atoms with Crippen LogP contribution in [0.4, 0.5) is 0 Å². The smallest absolute Gasteiger partial charge is 0.310 e. The maximum absolute atomic E-state index is 11.0. The molecule has 0 aromatic carbocycles. The Morgan fingerprint density at radius 1 is 1.67 bits per heavy atom. The van der Waals surface area contributed by atoms with E-state index >= 15 is 0 Å². The van der Waals surface area contributed by atoms with E-state index in [0.29, 0.717) is 12.1 Å². The highest BCUT2D eigenvalue weighted by atomic mass is 16.4. The zero-order valence-electron chi connectivity index (χ0n) is 10.6. The Morgan fingerprint density at radius 2 is 2.39 bits per heavy atom. The molecule has 0 saturated carbocycles. The Hall–Kier alpha value is -2.10. The third-order valence-electron chi connectivity index (χ3n) is 2.46. The third-order valence-corrected chi connectivity index (χ3v) is 2.46. The molecule has 1 aromatic rings. The summed E-state index contributed by atoms with van der Waals surface area (Å²) < 4.78 is 4.96. The van der Waals surface area contributed by atoms with Gasteiger partial charge in [0.2, 0.25) is 0 Å². The fraction of sp³-hybridized carbons (Fsp3) is 0.286. The second kappa shape index (κ2) is 6.59. The van der Waals surface area contributed by atoms with Crippen LogP contribution in [0.2, 0.25) is 0 Å². The number of nitrogens with zero attached hydrogens (tertiary/aromatic N) is 1. The molecule has 1 rings (SSSR count). The second-order valence-corrected chi connectivity index (χ2v) is 3.95. The lowest BCUT2D eigenvalue weighted by Gasteiger charge is -2.07. The van der Waals surface area contributed by atoms with Crippen LogP contribution in [-0.4, -0.2) is 16.8 Å². The van der Waals surface area contributed by atoms with E-state index in [1.54, 1.807) is 37.7 Å². The molecule has 0 radical (unpaired) electrons. The summed E-state index contributed by atoms with van der Waals surface area (Å²) in [5.41, 5.74) is 2.17. The minimum atomic E-state index is -0.870. The van der Waals surface area contributed by atoms with Crippen molar-refractivity contribution in [1.82, 2.24) is 0 Å². The summed E-state index contributed by atoms with van der Waals surface area (Å²) in [6, 6.07) is 1.80. The van der Waals surface area contributed by atoms with E-state index < -0.39 is 11.9 Å². The Kier molecular flexibility index (Phi) is 5.11. The molecule has 0 aliphatic rings. The monoisotopic (exact) mass is 247 g/mol. The number of carboxylic acid groups (broad SMARTS) is 1. The van der Waals surface area contributed by atoms with Gasteiger partial charge in [-0.3, -0.25) is 9.79 Å². The highest BCUT2D eigenvalue weighted by molar-refractivity contribution is 5.98. The van der Waals surface area contributed by atoms with E-state index in [9.17, 15) is 4.79 Å². The molecule has 4 heteroatoms. The number of allylic oxidation sites excluding steroid dienone is 2.